The summed E-state index contributed by atoms with van der Waals surface area (Å²) in [5.41, 5.74) is -0.278. The lowest BCUT2D eigenvalue weighted by atomic mass is 9.76. The first-order valence-electron chi connectivity index (χ1n) is 5.90. The first kappa shape index (κ1) is 9.51. The summed E-state index contributed by atoms with van der Waals surface area (Å²) in [6.07, 6.45) is 9.88. The third-order valence-electron chi connectivity index (χ3n) is 3.78. The summed E-state index contributed by atoms with van der Waals surface area (Å²) in [6, 6.07) is 0. The van der Waals surface area contributed by atoms with Crippen LogP contribution in [0.25, 0.3) is 0 Å². The summed E-state index contributed by atoms with van der Waals surface area (Å²) < 4.78 is 0. The van der Waals surface area contributed by atoms with E-state index in [0.29, 0.717) is 0 Å². The van der Waals surface area contributed by atoms with E-state index in [4.69, 9.17) is 0 Å². The largest absolute Gasteiger partial charge is 0.390 e. The Morgan fingerprint density at radius 1 is 1.31 bits per heavy atom. The van der Waals surface area contributed by atoms with Gasteiger partial charge in [-0.15, -0.1) is 0 Å². The van der Waals surface area contributed by atoms with Crippen molar-refractivity contribution < 1.29 is 5.11 Å². The van der Waals surface area contributed by atoms with E-state index in [0.717, 1.165) is 31.1 Å². The van der Waals surface area contributed by atoms with E-state index in [1.54, 1.807) is 0 Å². The Kier molecular flexibility index (Phi) is 2.64. The molecule has 0 aliphatic heterocycles. The minimum atomic E-state index is -0.278. The van der Waals surface area contributed by atoms with Gasteiger partial charge in [-0.2, -0.15) is 0 Å². The van der Waals surface area contributed by atoms with E-state index in [2.05, 4.69) is 6.92 Å². The molecule has 2 fully saturated rings. The second kappa shape index (κ2) is 3.61. The molecule has 2 unspecified atom stereocenters. The summed E-state index contributed by atoms with van der Waals surface area (Å²) >= 11 is 0. The van der Waals surface area contributed by atoms with Gasteiger partial charge in [-0.1, -0.05) is 32.6 Å². The number of hydrogen-bond donors (Lipinski definition) is 1. The molecule has 76 valence electrons. The van der Waals surface area contributed by atoms with Crippen LogP contribution in [0.3, 0.4) is 0 Å². The minimum Gasteiger partial charge on any atom is -0.390 e. The SMILES string of the molecule is CC1CCCC(O)(CCC2CC2)C1. The van der Waals surface area contributed by atoms with E-state index in [-0.39, 0.29) is 5.60 Å². The molecule has 2 aliphatic rings. The quantitative estimate of drug-likeness (QED) is 0.711. The molecule has 0 amide bonds. The minimum absolute atomic E-state index is 0.278. The number of hydrogen-bond acceptors (Lipinski definition) is 1. The van der Waals surface area contributed by atoms with Gasteiger partial charge in [0, 0.05) is 0 Å². The standard InChI is InChI=1S/C12H22O/c1-10-3-2-7-12(13,9-10)8-6-11-4-5-11/h10-11,13H,2-9H2,1H3. The van der Waals surface area contributed by atoms with Gasteiger partial charge < -0.3 is 5.11 Å². The molecular weight excluding hydrogens is 160 g/mol. The van der Waals surface area contributed by atoms with Crippen LogP contribution in [0.2, 0.25) is 0 Å². The Hall–Kier alpha value is -0.0400. The summed E-state index contributed by atoms with van der Waals surface area (Å²) in [4.78, 5) is 0. The summed E-state index contributed by atoms with van der Waals surface area (Å²) in [5.74, 6) is 1.72. The van der Waals surface area contributed by atoms with Crippen LogP contribution in [-0.4, -0.2) is 10.7 Å². The molecule has 2 aliphatic carbocycles. The molecule has 0 bridgehead atoms. The lowest BCUT2D eigenvalue weighted by Gasteiger charge is -2.35. The Bertz CT molecular complexity index is 174. The van der Waals surface area contributed by atoms with Crippen LogP contribution in [0, 0.1) is 11.8 Å². The molecule has 1 heteroatoms. The third kappa shape index (κ3) is 2.70. The molecule has 2 saturated carbocycles. The zero-order chi connectivity index (χ0) is 9.31. The zero-order valence-corrected chi connectivity index (χ0v) is 8.76. The van der Waals surface area contributed by atoms with Crippen molar-refractivity contribution in [2.45, 2.75) is 63.9 Å². The molecule has 0 aromatic heterocycles. The van der Waals surface area contributed by atoms with Crippen LogP contribution >= 0.6 is 0 Å². The molecule has 2 atom stereocenters. The van der Waals surface area contributed by atoms with Crippen molar-refractivity contribution in [3.8, 4) is 0 Å². The van der Waals surface area contributed by atoms with Crippen LogP contribution in [0.5, 0.6) is 0 Å². The zero-order valence-electron chi connectivity index (χ0n) is 8.76. The van der Waals surface area contributed by atoms with Crippen molar-refractivity contribution in [1.82, 2.24) is 0 Å². The lowest BCUT2D eigenvalue weighted by Crippen LogP contribution is -2.34. The van der Waals surface area contributed by atoms with Gasteiger partial charge in [0.2, 0.25) is 0 Å². The van der Waals surface area contributed by atoms with Gasteiger partial charge in [0.05, 0.1) is 5.60 Å². The molecule has 0 aromatic rings. The maximum absolute atomic E-state index is 10.3. The van der Waals surface area contributed by atoms with Crippen LogP contribution in [0.15, 0.2) is 0 Å². The topological polar surface area (TPSA) is 20.2 Å². The highest BCUT2D eigenvalue weighted by atomic mass is 16.3. The highest BCUT2D eigenvalue weighted by Crippen LogP contribution is 2.40. The van der Waals surface area contributed by atoms with Gasteiger partial charge in [0.25, 0.3) is 0 Å². The smallest absolute Gasteiger partial charge is 0.0650 e. The maximum Gasteiger partial charge on any atom is 0.0650 e. The fourth-order valence-corrected chi connectivity index (χ4v) is 2.74. The van der Waals surface area contributed by atoms with Crippen molar-refractivity contribution in [1.29, 1.82) is 0 Å². The van der Waals surface area contributed by atoms with Crippen LogP contribution in [0.1, 0.15) is 58.3 Å². The molecule has 0 heterocycles. The van der Waals surface area contributed by atoms with Crippen LogP contribution < -0.4 is 0 Å². The predicted octanol–water partition coefficient (Wildman–Crippen LogP) is 3.12. The molecule has 13 heavy (non-hydrogen) atoms. The molecule has 0 aromatic carbocycles. The fourth-order valence-electron chi connectivity index (χ4n) is 2.74. The Balaban J connectivity index is 1.78. The highest BCUT2D eigenvalue weighted by Gasteiger charge is 2.34. The molecule has 0 saturated heterocycles. The predicted molar refractivity (Wildman–Crippen MR) is 54.5 cm³/mol. The van der Waals surface area contributed by atoms with Crippen molar-refractivity contribution in [2.24, 2.45) is 11.8 Å². The van der Waals surface area contributed by atoms with E-state index >= 15 is 0 Å². The van der Waals surface area contributed by atoms with Gasteiger partial charge in [-0.05, 0) is 37.5 Å². The van der Waals surface area contributed by atoms with Crippen molar-refractivity contribution in [3.63, 3.8) is 0 Å². The lowest BCUT2D eigenvalue weighted by molar-refractivity contribution is -0.0226. The first-order valence-corrected chi connectivity index (χ1v) is 5.90. The van der Waals surface area contributed by atoms with Crippen molar-refractivity contribution in [3.05, 3.63) is 0 Å². The molecule has 1 N–H and O–H groups in total. The second-order valence-corrected chi connectivity index (χ2v) is 5.41. The highest BCUT2D eigenvalue weighted by molar-refractivity contribution is 4.87. The van der Waals surface area contributed by atoms with Crippen molar-refractivity contribution >= 4 is 0 Å². The average molecular weight is 182 g/mol. The fraction of sp³-hybridized carbons (Fsp3) is 1.00. The number of rotatable bonds is 3. The average Bonchev–Trinajstić information content (AvgIpc) is 2.83. The van der Waals surface area contributed by atoms with Gasteiger partial charge in [-0.25, -0.2) is 0 Å². The monoisotopic (exact) mass is 182 g/mol. The summed E-state index contributed by atoms with van der Waals surface area (Å²) in [7, 11) is 0. The molecule has 2 rings (SSSR count). The van der Waals surface area contributed by atoms with E-state index in [9.17, 15) is 5.11 Å². The van der Waals surface area contributed by atoms with Gasteiger partial charge in [0.1, 0.15) is 0 Å². The molecule has 1 nitrogen and oxygen atoms in total. The van der Waals surface area contributed by atoms with E-state index < -0.39 is 0 Å². The molecule has 0 radical (unpaired) electrons. The Morgan fingerprint density at radius 2 is 2.08 bits per heavy atom. The normalized spacial score (nSPS) is 40.6. The maximum atomic E-state index is 10.3. The third-order valence-corrected chi connectivity index (χ3v) is 3.78. The van der Waals surface area contributed by atoms with E-state index in [1.807, 2.05) is 0 Å². The number of aliphatic hydroxyl groups is 1. The Labute approximate surface area is 81.5 Å². The van der Waals surface area contributed by atoms with Gasteiger partial charge in [-0.3, -0.25) is 0 Å². The first-order chi connectivity index (χ1) is 6.18. The molecular formula is C12H22O. The van der Waals surface area contributed by atoms with Crippen molar-refractivity contribution in [2.75, 3.05) is 0 Å². The summed E-state index contributed by atoms with van der Waals surface area (Å²) in [5, 5.41) is 10.3. The van der Waals surface area contributed by atoms with Gasteiger partial charge in [0.15, 0.2) is 0 Å². The van der Waals surface area contributed by atoms with E-state index in [1.165, 1.54) is 32.1 Å². The van der Waals surface area contributed by atoms with Gasteiger partial charge >= 0.3 is 0 Å². The summed E-state index contributed by atoms with van der Waals surface area (Å²) in [6.45, 7) is 2.28. The van der Waals surface area contributed by atoms with Crippen LogP contribution in [-0.2, 0) is 0 Å². The van der Waals surface area contributed by atoms with Crippen LogP contribution in [0.4, 0.5) is 0 Å². The second-order valence-electron chi connectivity index (χ2n) is 5.41. The Morgan fingerprint density at radius 3 is 2.69 bits per heavy atom. The molecule has 0 spiro atoms.